The number of nitrogens with one attached hydrogen (secondary N) is 1. The minimum Gasteiger partial charge on any atom is -0.342 e. The minimum atomic E-state index is -0.480. The Labute approximate surface area is 162 Å². The van der Waals surface area contributed by atoms with Gasteiger partial charge in [-0.05, 0) is 50.2 Å². The number of rotatable bonds is 3. The van der Waals surface area contributed by atoms with Gasteiger partial charge in [-0.25, -0.2) is 4.98 Å². The predicted molar refractivity (Wildman–Crippen MR) is 104 cm³/mol. The molecule has 1 saturated carbocycles. The lowest BCUT2D eigenvalue weighted by molar-refractivity contribution is -0.145. The van der Waals surface area contributed by atoms with Crippen molar-refractivity contribution in [2.75, 3.05) is 26.2 Å². The number of carbonyl (C=O) groups is 2. The number of para-hydroxylation sites is 2. The number of nitrogens with zero attached hydrogens (tertiary/aromatic N) is 3. The van der Waals surface area contributed by atoms with Crippen LogP contribution < -0.4 is 5.56 Å². The van der Waals surface area contributed by atoms with Crippen LogP contribution in [-0.4, -0.2) is 57.8 Å². The molecule has 1 spiro atoms. The molecule has 3 fully saturated rings. The number of piperidine rings is 1. The maximum Gasteiger partial charge on any atom is 0.280 e. The van der Waals surface area contributed by atoms with Crippen molar-refractivity contribution in [3.05, 3.63) is 40.3 Å². The van der Waals surface area contributed by atoms with E-state index in [1.807, 2.05) is 17.0 Å². The van der Waals surface area contributed by atoms with E-state index < -0.39 is 11.0 Å². The van der Waals surface area contributed by atoms with Crippen LogP contribution in [0.5, 0.6) is 0 Å². The third-order valence-corrected chi connectivity index (χ3v) is 6.44. The third-order valence-electron chi connectivity index (χ3n) is 6.44. The van der Waals surface area contributed by atoms with E-state index in [1.165, 1.54) is 12.8 Å². The molecule has 1 aromatic carbocycles. The average Bonchev–Trinajstić information content (AvgIpc) is 3.42. The van der Waals surface area contributed by atoms with Crippen molar-refractivity contribution >= 4 is 22.8 Å². The summed E-state index contributed by atoms with van der Waals surface area (Å²) in [6.45, 7) is 2.58. The van der Waals surface area contributed by atoms with Gasteiger partial charge in [0.15, 0.2) is 5.69 Å². The summed E-state index contributed by atoms with van der Waals surface area (Å²) in [6, 6.07) is 7.17. The number of likely N-dealkylation sites (tertiary alicyclic amines) is 2. The Bertz CT molecular complexity index is 1010. The molecule has 28 heavy (non-hydrogen) atoms. The lowest BCUT2D eigenvalue weighted by atomic mass is 9.78. The van der Waals surface area contributed by atoms with Crippen LogP contribution in [0.2, 0.25) is 0 Å². The second-order valence-electron chi connectivity index (χ2n) is 8.49. The van der Waals surface area contributed by atoms with E-state index in [1.54, 1.807) is 17.0 Å². The number of benzene rings is 1. The standard InChI is InChI=1S/C21H24N4O3/c26-18-17(22-15-4-1-2-5-16(15)23-18)19(27)25-11-9-21(13-25)8-3-10-24(20(21)28)12-14-6-7-14/h1-2,4-5,14H,3,6-13H2,(H,23,26). The Morgan fingerprint density at radius 3 is 2.82 bits per heavy atom. The maximum atomic E-state index is 13.2. The van der Waals surface area contributed by atoms with E-state index in [-0.39, 0.29) is 17.5 Å². The number of aromatic nitrogens is 2. The zero-order chi connectivity index (χ0) is 19.3. The summed E-state index contributed by atoms with van der Waals surface area (Å²) < 4.78 is 0. The highest BCUT2D eigenvalue weighted by Gasteiger charge is 2.50. The number of amides is 2. The van der Waals surface area contributed by atoms with E-state index in [9.17, 15) is 14.4 Å². The molecule has 1 aromatic heterocycles. The fourth-order valence-corrected chi connectivity index (χ4v) is 4.69. The first kappa shape index (κ1) is 17.4. The van der Waals surface area contributed by atoms with Crippen LogP contribution >= 0.6 is 0 Å². The van der Waals surface area contributed by atoms with Gasteiger partial charge in [-0.15, -0.1) is 0 Å². The summed E-state index contributed by atoms with van der Waals surface area (Å²) in [5.41, 5.74) is 0.152. The van der Waals surface area contributed by atoms with Crippen LogP contribution in [-0.2, 0) is 4.79 Å². The van der Waals surface area contributed by atoms with Crippen LogP contribution in [0.25, 0.3) is 11.0 Å². The second-order valence-corrected chi connectivity index (χ2v) is 8.49. The minimum absolute atomic E-state index is 0.0890. The molecule has 1 aliphatic carbocycles. The van der Waals surface area contributed by atoms with Gasteiger partial charge >= 0.3 is 0 Å². The molecule has 7 heteroatoms. The molecule has 7 nitrogen and oxygen atoms in total. The van der Waals surface area contributed by atoms with Crippen LogP contribution in [0.1, 0.15) is 42.6 Å². The maximum absolute atomic E-state index is 13.2. The highest BCUT2D eigenvalue weighted by molar-refractivity contribution is 5.95. The zero-order valence-electron chi connectivity index (χ0n) is 15.8. The summed E-state index contributed by atoms with van der Waals surface area (Å²) in [7, 11) is 0. The quantitative estimate of drug-likeness (QED) is 0.880. The van der Waals surface area contributed by atoms with E-state index >= 15 is 0 Å². The Hall–Kier alpha value is -2.70. The Kier molecular flexibility index (Phi) is 4.00. The van der Waals surface area contributed by atoms with Crippen molar-refractivity contribution in [1.82, 2.24) is 19.8 Å². The highest BCUT2D eigenvalue weighted by atomic mass is 16.2. The molecule has 1 unspecified atom stereocenters. The summed E-state index contributed by atoms with van der Waals surface area (Å²) in [5.74, 6) is 0.482. The van der Waals surface area contributed by atoms with E-state index in [0.717, 1.165) is 25.9 Å². The molecular weight excluding hydrogens is 356 g/mol. The van der Waals surface area contributed by atoms with E-state index in [2.05, 4.69) is 9.97 Å². The molecule has 1 atom stereocenters. The summed E-state index contributed by atoms with van der Waals surface area (Å²) >= 11 is 0. The first-order valence-electron chi connectivity index (χ1n) is 10.1. The Morgan fingerprint density at radius 1 is 1.18 bits per heavy atom. The average molecular weight is 380 g/mol. The molecule has 3 heterocycles. The molecule has 1 N–H and O–H groups in total. The first-order valence-corrected chi connectivity index (χ1v) is 10.1. The smallest absolute Gasteiger partial charge is 0.280 e. The van der Waals surface area contributed by atoms with Crippen molar-refractivity contribution in [3.8, 4) is 0 Å². The topological polar surface area (TPSA) is 86.4 Å². The Balaban J connectivity index is 1.38. The number of hydrogen-bond donors (Lipinski definition) is 1. The van der Waals surface area contributed by atoms with Crippen molar-refractivity contribution in [3.63, 3.8) is 0 Å². The molecule has 2 saturated heterocycles. The van der Waals surface area contributed by atoms with Gasteiger partial charge in [0.25, 0.3) is 11.5 Å². The molecule has 2 aliphatic heterocycles. The van der Waals surface area contributed by atoms with Crippen LogP contribution in [0.15, 0.2) is 29.1 Å². The fraction of sp³-hybridized carbons (Fsp3) is 0.524. The van der Waals surface area contributed by atoms with Gasteiger partial charge in [-0.3, -0.25) is 14.4 Å². The van der Waals surface area contributed by atoms with Gasteiger partial charge in [-0.2, -0.15) is 0 Å². The number of hydrogen-bond acceptors (Lipinski definition) is 4. The molecule has 5 rings (SSSR count). The summed E-state index contributed by atoms with van der Waals surface area (Å²) in [4.78, 5) is 49.3. The Morgan fingerprint density at radius 2 is 2.00 bits per heavy atom. The van der Waals surface area contributed by atoms with Crippen LogP contribution in [0.4, 0.5) is 0 Å². The van der Waals surface area contributed by atoms with Crippen molar-refractivity contribution in [1.29, 1.82) is 0 Å². The molecule has 0 bridgehead atoms. The number of fused-ring (bicyclic) bond motifs is 1. The van der Waals surface area contributed by atoms with Crippen LogP contribution in [0, 0.1) is 11.3 Å². The SMILES string of the molecule is O=C(c1nc2ccccc2[nH]c1=O)N1CCC2(CCCN(CC3CC3)C2=O)C1. The van der Waals surface area contributed by atoms with Crippen molar-refractivity contribution < 1.29 is 9.59 Å². The fourth-order valence-electron chi connectivity index (χ4n) is 4.69. The number of carbonyl (C=O) groups excluding carboxylic acids is 2. The van der Waals surface area contributed by atoms with Gasteiger partial charge in [0.1, 0.15) is 0 Å². The van der Waals surface area contributed by atoms with Gasteiger partial charge in [0.2, 0.25) is 5.91 Å². The third kappa shape index (κ3) is 2.89. The van der Waals surface area contributed by atoms with Gasteiger partial charge in [-0.1, -0.05) is 12.1 Å². The van der Waals surface area contributed by atoms with Gasteiger partial charge in [0.05, 0.1) is 16.4 Å². The first-order chi connectivity index (χ1) is 13.6. The largest absolute Gasteiger partial charge is 0.342 e. The van der Waals surface area contributed by atoms with E-state index in [0.29, 0.717) is 36.5 Å². The monoisotopic (exact) mass is 380 g/mol. The molecule has 146 valence electrons. The van der Waals surface area contributed by atoms with Crippen molar-refractivity contribution in [2.45, 2.75) is 32.1 Å². The lowest BCUT2D eigenvalue weighted by Gasteiger charge is -2.39. The molecule has 2 aromatic rings. The normalized spacial score (nSPS) is 25.1. The van der Waals surface area contributed by atoms with Gasteiger partial charge in [0, 0.05) is 26.2 Å². The van der Waals surface area contributed by atoms with Crippen molar-refractivity contribution in [2.24, 2.45) is 11.3 Å². The van der Waals surface area contributed by atoms with Crippen LogP contribution in [0.3, 0.4) is 0 Å². The molecule has 2 amide bonds. The summed E-state index contributed by atoms with van der Waals surface area (Å²) in [5, 5.41) is 0. The number of H-pyrrole nitrogens is 1. The summed E-state index contributed by atoms with van der Waals surface area (Å²) in [6.07, 6.45) is 4.91. The lowest BCUT2D eigenvalue weighted by Crippen LogP contribution is -2.51. The second kappa shape index (κ2) is 6.43. The van der Waals surface area contributed by atoms with E-state index in [4.69, 9.17) is 0 Å². The predicted octanol–water partition coefficient (Wildman–Crippen LogP) is 1.79. The highest BCUT2D eigenvalue weighted by Crippen LogP contribution is 2.41. The molecular formula is C21H24N4O3. The zero-order valence-corrected chi connectivity index (χ0v) is 15.8. The molecule has 0 radical (unpaired) electrons. The molecule has 3 aliphatic rings. The van der Waals surface area contributed by atoms with Gasteiger partial charge < -0.3 is 14.8 Å². The number of aromatic amines is 1.